The third kappa shape index (κ3) is 5.66. The van der Waals surface area contributed by atoms with Crippen LogP contribution in [0.3, 0.4) is 0 Å². The number of carbonyl (C=O) groups excluding carboxylic acids is 2. The molecule has 0 aromatic heterocycles. The van der Waals surface area contributed by atoms with Crippen molar-refractivity contribution < 1.29 is 14.0 Å². The maximum atomic E-state index is 13.0. The largest absolute Gasteiger partial charge is 0.342 e. The van der Waals surface area contributed by atoms with Gasteiger partial charge in [-0.05, 0) is 53.6 Å². The molecule has 2 aromatic carbocycles. The first-order valence-electron chi connectivity index (χ1n) is 10.2. The van der Waals surface area contributed by atoms with Crippen LogP contribution in [0.5, 0.6) is 0 Å². The van der Waals surface area contributed by atoms with Crippen molar-refractivity contribution in [3.63, 3.8) is 0 Å². The van der Waals surface area contributed by atoms with Gasteiger partial charge in [0.05, 0.1) is 6.42 Å². The average molecular weight is 397 g/mol. The molecule has 29 heavy (non-hydrogen) atoms. The van der Waals surface area contributed by atoms with Gasteiger partial charge in [0.2, 0.25) is 11.8 Å². The first kappa shape index (κ1) is 21.0. The number of rotatable bonds is 4. The second kappa shape index (κ2) is 8.76. The molecule has 4 nitrogen and oxygen atoms in total. The number of anilines is 1. The van der Waals surface area contributed by atoms with Gasteiger partial charge in [0.1, 0.15) is 5.82 Å². The molecule has 0 unspecified atom stereocenters. The smallest absolute Gasteiger partial charge is 0.227 e. The molecule has 0 saturated carbocycles. The fourth-order valence-corrected chi connectivity index (χ4v) is 3.58. The van der Waals surface area contributed by atoms with E-state index in [0.717, 1.165) is 11.3 Å². The van der Waals surface area contributed by atoms with Crippen molar-refractivity contribution in [2.75, 3.05) is 18.4 Å². The molecule has 2 aromatic rings. The Hall–Kier alpha value is -2.69. The van der Waals surface area contributed by atoms with Crippen LogP contribution in [0.1, 0.15) is 44.7 Å². The zero-order chi connectivity index (χ0) is 21.0. The molecule has 2 amide bonds. The average Bonchev–Trinajstić information content (AvgIpc) is 2.69. The Morgan fingerprint density at radius 1 is 1.00 bits per heavy atom. The van der Waals surface area contributed by atoms with E-state index in [1.807, 2.05) is 24.3 Å². The van der Waals surface area contributed by atoms with Gasteiger partial charge in [-0.1, -0.05) is 45.0 Å². The minimum Gasteiger partial charge on any atom is -0.342 e. The zero-order valence-electron chi connectivity index (χ0n) is 17.4. The summed E-state index contributed by atoms with van der Waals surface area (Å²) >= 11 is 0. The van der Waals surface area contributed by atoms with Gasteiger partial charge in [-0.15, -0.1) is 0 Å². The van der Waals surface area contributed by atoms with Gasteiger partial charge in [0.25, 0.3) is 0 Å². The third-order valence-corrected chi connectivity index (χ3v) is 5.51. The summed E-state index contributed by atoms with van der Waals surface area (Å²) < 4.78 is 13.0. The monoisotopic (exact) mass is 396 g/mol. The quantitative estimate of drug-likeness (QED) is 0.825. The molecule has 0 aliphatic carbocycles. The topological polar surface area (TPSA) is 49.4 Å². The van der Waals surface area contributed by atoms with E-state index in [-0.39, 0.29) is 35.4 Å². The maximum absolute atomic E-state index is 13.0. The van der Waals surface area contributed by atoms with Gasteiger partial charge >= 0.3 is 0 Å². The van der Waals surface area contributed by atoms with Crippen LogP contribution >= 0.6 is 0 Å². The Morgan fingerprint density at radius 3 is 2.14 bits per heavy atom. The van der Waals surface area contributed by atoms with Crippen LogP contribution in [0.25, 0.3) is 0 Å². The lowest BCUT2D eigenvalue weighted by atomic mass is 9.87. The predicted molar refractivity (Wildman–Crippen MR) is 113 cm³/mol. The predicted octanol–water partition coefficient (Wildman–Crippen LogP) is 4.54. The molecular weight excluding hydrogens is 367 g/mol. The fourth-order valence-electron chi connectivity index (χ4n) is 3.58. The van der Waals surface area contributed by atoms with E-state index >= 15 is 0 Å². The number of halogens is 1. The minimum absolute atomic E-state index is 0.0131. The summed E-state index contributed by atoms with van der Waals surface area (Å²) in [5.41, 5.74) is 2.91. The van der Waals surface area contributed by atoms with E-state index in [1.165, 1.54) is 17.7 Å². The molecule has 0 bridgehead atoms. The first-order chi connectivity index (χ1) is 13.7. The van der Waals surface area contributed by atoms with Gasteiger partial charge in [0.15, 0.2) is 0 Å². The van der Waals surface area contributed by atoms with E-state index < -0.39 is 0 Å². The summed E-state index contributed by atoms with van der Waals surface area (Å²) in [6, 6.07) is 14.0. The highest BCUT2D eigenvalue weighted by Crippen LogP contribution is 2.25. The van der Waals surface area contributed by atoms with Crippen molar-refractivity contribution in [3.05, 3.63) is 65.5 Å². The van der Waals surface area contributed by atoms with Crippen LogP contribution in [0.4, 0.5) is 10.1 Å². The molecule has 0 atom stereocenters. The fraction of sp³-hybridized carbons (Fsp3) is 0.417. The Morgan fingerprint density at radius 2 is 1.59 bits per heavy atom. The van der Waals surface area contributed by atoms with Crippen LogP contribution in [0.2, 0.25) is 0 Å². The molecule has 1 aliphatic heterocycles. The minimum atomic E-state index is -0.305. The van der Waals surface area contributed by atoms with E-state index in [4.69, 9.17) is 0 Å². The lowest BCUT2D eigenvalue weighted by Gasteiger charge is -2.31. The Balaban J connectivity index is 1.49. The summed E-state index contributed by atoms with van der Waals surface area (Å²) in [5.74, 6) is -0.361. The van der Waals surface area contributed by atoms with Crippen molar-refractivity contribution in [2.45, 2.75) is 45.4 Å². The molecule has 3 rings (SSSR count). The maximum Gasteiger partial charge on any atom is 0.227 e. The number of nitrogens with zero attached hydrogens (tertiary/aromatic N) is 1. The molecule has 1 N–H and O–H groups in total. The highest BCUT2D eigenvalue weighted by atomic mass is 19.1. The summed E-state index contributed by atoms with van der Waals surface area (Å²) in [4.78, 5) is 26.9. The second-order valence-electron chi connectivity index (χ2n) is 8.77. The molecule has 1 saturated heterocycles. The lowest BCUT2D eigenvalue weighted by molar-refractivity contribution is -0.133. The van der Waals surface area contributed by atoms with E-state index in [9.17, 15) is 14.0 Å². The molecule has 1 fully saturated rings. The Bertz CT molecular complexity index is 846. The van der Waals surface area contributed by atoms with Crippen molar-refractivity contribution in [1.29, 1.82) is 0 Å². The van der Waals surface area contributed by atoms with E-state index in [1.54, 1.807) is 17.0 Å². The number of nitrogens with one attached hydrogen (secondary N) is 1. The van der Waals surface area contributed by atoms with Crippen molar-refractivity contribution in [3.8, 4) is 0 Å². The van der Waals surface area contributed by atoms with Crippen LogP contribution in [0, 0.1) is 11.7 Å². The summed E-state index contributed by atoms with van der Waals surface area (Å²) in [6.45, 7) is 7.62. The first-order valence-corrected chi connectivity index (χ1v) is 10.2. The zero-order valence-corrected chi connectivity index (χ0v) is 17.4. The van der Waals surface area contributed by atoms with Crippen molar-refractivity contribution in [2.24, 2.45) is 5.92 Å². The van der Waals surface area contributed by atoms with E-state index in [0.29, 0.717) is 25.9 Å². The lowest BCUT2D eigenvalue weighted by Crippen LogP contribution is -2.42. The van der Waals surface area contributed by atoms with Gasteiger partial charge in [-0.25, -0.2) is 4.39 Å². The number of hydrogen-bond acceptors (Lipinski definition) is 2. The summed E-state index contributed by atoms with van der Waals surface area (Å²) in [5, 5.41) is 3.00. The van der Waals surface area contributed by atoms with Crippen LogP contribution in [-0.4, -0.2) is 29.8 Å². The molecule has 1 aliphatic rings. The molecule has 0 radical (unpaired) electrons. The highest BCUT2D eigenvalue weighted by Gasteiger charge is 2.27. The molecule has 154 valence electrons. The van der Waals surface area contributed by atoms with Crippen molar-refractivity contribution in [1.82, 2.24) is 4.90 Å². The van der Waals surface area contributed by atoms with Gasteiger partial charge < -0.3 is 10.2 Å². The number of carbonyl (C=O) groups is 2. The second-order valence-corrected chi connectivity index (χ2v) is 8.77. The van der Waals surface area contributed by atoms with Crippen LogP contribution in [0.15, 0.2) is 48.5 Å². The number of likely N-dealkylation sites (tertiary alicyclic amines) is 1. The highest BCUT2D eigenvalue weighted by molar-refractivity contribution is 5.92. The molecular formula is C24H29FN2O2. The number of piperidine rings is 1. The molecule has 0 spiro atoms. The van der Waals surface area contributed by atoms with Gasteiger partial charge in [-0.3, -0.25) is 9.59 Å². The van der Waals surface area contributed by atoms with Crippen molar-refractivity contribution >= 4 is 17.5 Å². The molecule has 1 heterocycles. The van der Waals surface area contributed by atoms with Gasteiger partial charge in [0, 0.05) is 24.7 Å². The SMILES string of the molecule is CC(C)(C)c1ccc(NC(=O)C2CCN(C(=O)Cc3ccc(F)cc3)CC2)cc1. The van der Waals surface area contributed by atoms with E-state index in [2.05, 4.69) is 26.1 Å². The van der Waals surface area contributed by atoms with Gasteiger partial charge in [-0.2, -0.15) is 0 Å². The third-order valence-electron chi connectivity index (χ3n) is 5.51. The molecule has 5 heteroatoms. The van der Waals surface area contributed by atoms with Crippen LogP contribution in [-0.2, 0) is 21.4 Å². The van der Waals surface area contributed by atoms with Crippen LogP contribution < -0.4 is 5.32 Å². The summed E-state index contributed by atoms with van der Waals surface area (Å²) in [7, 11) is 0. The number of hydrogen-bond donors (Lipinski definition) is 1. The Kier molecular flexibility index (Phi) is 6.36. The normalized spacial score (nSPS) is 15.2. The Labute approximate surface area is 172 Å². The standard InChI is InChI=1S/C24H29FN2O2/c1-24(2,3)19-6-10-21(11-7-19)26-23(29)18-12-14-27(15-13-18)22(28)16-17-4-8-20(25)9-5-17/h4-11,18H,12-16H2,1-3H3,(H,26,29). The number of amides is 2. The summed E-state index contributed by atoms with van der Waals surface area (Å²) in [6.07, 6.45) is 1.57. The number of benzene rings is 2.